The largest absolute Gasteiger partial charge is 0.247 e. The fourth-order valence-electron chi connectivity index (χ4n) is 2.51. The predicted octanol–water partition coefficient (Wildman–Crippen LogP) is 5.68. The van der Waals surface area contributed by atoms with Crippen LogP contribution >= 0.6 is 0 Å². The fourth-order valence-corrected chi connectivity index (χ4v) is 2.51. The first-order valence-electron chi connectivity index (χ1n) is 7.47. The Balaban J connectivity index is 2.42. The smallest absolute Gasteiger partial charge is 0.200 e. The molecular weight excluding hydrogens is 434 g/mol. The summed E-state index contributed by atoms with van der Waals surface area (Å²) in [7, 11) is 0. The molecule has 0 unspecified atom stereocenters. The van der Waals surface area contributed by atoms with E-state index in [1.807, 2.05) is 0 Å². The third kappa shape index (κ3) is 3.02. The highest BCUT2D eigenvalue weighted by Gasteiger charge is 2.30. The lowest BCUT2D eigenvalue weighted by molar-refractivity contribution is 0.380. The van der Waals surface area contributed by atoms with E-state index < -0.39 is 86.3 Å². The number of rotatable bonds is 2. The average Bonchev–Trinajstić information content (AvgIpc) is 2.73. The number of hydrogen-bond acceptors (Lipinski definition) is 2. The van der Waals surface area contributed by atoms with Crippen molar-refractivity contribution in [2.75, 3.05) is 0 Å². The molecule has 3 rings (SSSR count). The van der Waals surface area contributed by atoms with Crippen molar-refractivity contribution in [3.8, 4) is 28.6 Å². The molecular formula is C18H2F10N2. The lowest BCUT2D eigenvalue weighted by atomic mass is 10.0. The van der Waals surface area contributed by atoms with E-state index in [0.717, 1.165) is 0 Å². The highest BCUT2D eigenvalue weighted by molar-refractivity contribution is 5.70. The number of pyridine rings is 1. The number of benzene rings is 2. The SMILES string of the molecule is N#Cc1cc(-c2c(F)c(F)c(F)c(F)c2F)nc(-c2c(F)c(F)c(F)c(F)c2F)c1. The molecule has 0 saturated heterocycles. The van der Waals surface area contributed by atoms with Gasteiger partial charge in [-0.3, -0.25) is 0 Å². The number of nitrogens with zero attached hydrogens (tertiary/aromatic N) is 2. The van der Waals surface area contributed by atoms with Gasteiger partial charge >= 0.3 is 0 Å². The first kappa shape index (κ1) is 21.1. The lowest BCUT2D eigenvalue weighted by Gasteiger charge is -2.12. The molecule has 30 heavy (non-hydrogen) atoms. The van der Waals surface area contributed by atoms with Gasteiger partial charge in [0.05, 0.1) is 34.1 Å². The van der Waals surface area contributed by atoms with E-state index in [1.54, 1.807) is 0 Å². The minimum absolute atomic E-state index is 0.494. The first-order valence-corrected chi connectivity index (χ1v) is 7.47. The number of halogens is 10. The van der Waals surface area contributed by atoms with Crippen LogP contribution in [0.1, 0.15) is 5.56 Å². The van der Waals surface area contributed by atoms with Crippen molar-refractivity contribution in [2.24, 2.45) is 0 Å². The van der Waals surface area contributed by atoms with Gasteiger partial charge in [-0.05, 0) is 12.1 Å². The monoisotopic (exact) mass is 436 g/mol. The molecule has 2 nitrogen and oxygen atoms in total. The van der Waals surface area contributed by atoms with Gasteiger partial charge in [0.2, 0.25) is 11.6 Å². The predicted molar refractivity (Wildman–Crippen MR) is 79.4 cm³/mol. The van der Waals surface area contributed by atoms with Crippen LogP contribution in [0.5, 0.6) is 0 Å². The van der Waals surface area contributed by atoms with E-state index in [0.29, 0.717) is 12.1 Å². The minimum atomic E-state index is -2.51. The van der Waals surface area contributed by atoms with Gasteiger partial charge in [-0.25, -0.2) is 48.9 Å². The van der Waals surface area contributed by atoms with Crippen LogP contribution in [0.4, 0.5) is 43.9 Å². The van der Waals surface area contributed by atoms with Crippen molar-refractivity contribution in [3.05, 3.63) is 75.9 Å². The second kappa shape index (κ2) is 7.33. The normalized spacial score (nSPS) is 11.0. The zero-order valence-corrected chi connectivity index (χ0v) is 13.8. The van der Waals surface area contributed by atoms with E-state index in [4.69, 9.17) is 5.26 Å². The molecule has 0 fully saturated rings. The third-order valence-corrected chi connectivity index (χ3v) is 3.89. The Hall–Kier alpha value is -3.62. The van der Waals surface area contributed by atoms with Gasteiger partial charge < -0.3 is 0 Å². The van der Waals surface area contributed by atoms with Crippen LogP contribution in [-0.4, -0.2) is 4.98 Å². The average molecular weight is 436 g/mol. The van der Waals surface area contributed by atoms with Crippen molar-refractivity contribution in [1.82, 2.24) is 4.98 Å². The van der Waals surface area contributed by atoms with Crippen molar-refractivity contribution in [2.45, 2.75) is 0 Å². The van der Waals surface area contributed by atoms with Gasteiger partial charge in [-0.15, -0.1) is 0 Å². The van der Waals surface area contributed by atoms with Crippen LogP contribution in [0, 0.1) is 69.5 Å². The molecule has 12 heteroatoms. The summed E-state index contributed by atoms with van der Waals surface area (Å²) in [6, 6.07) is 2.34. The Morgan fingerprint density at radius 2 is 0.767 bits per heavy atom. The van der Waals surface area contributed by atoms with Crippen LogP contribution in [0.25, 0.3) is 22.5 Å². The summed E-state index contributed by atoms with van der Waals surface area (Å²) in [6.45, 7) is 0. The Bertz CT molecular complexity index is 1120. The summed E-state index contributed by atoms with van der Waals surface area (Å²) < 4.78 is 136. The van der Waals surface area contributed by atoms with Gasteiger partial charge in [-0.2, -0.15) is 5.26 Å². The summed E-state index contributed by atoms with van der Waals surface area (Å²) >= 11 is 0. The first-order chi connectivity index (χ1) is 14.0. The molecule has 1 heterocycles. The van der Waals surface area contributed by atoms with Gasteiger partial charge in [-0.1, -0.05) is 0 Å². The highest BCUT2D eigenvalue weighted by atomic mass is 19.2. The Labute approximate surface area is 159 Å². The maximum Gasteiger partial charge on any atom is 0.200 e. The van der Waals surface area contributed by atoms with Gasteiger partial charge in [0.1, 0.15) is 0 Å². The van der Waals surface area contributed by atoms with E-state index in [-0.39, 0.29) is 0 Å². The molecule has 0 aliphatic carbocycles. The molecule has 2 aromatic carbocycles. The molecule has 0 bridgehead atoms. The van der Waals surface area contributed by atoms with Crippen molar-refractivity contribution in [3.63, 3.8) is 0 Å². The van der Waals surface area contributed by atoms with Crippen molar-refractivity contribution in [1.29, 1.82) is 5.26 Å². The summed E-state index contributed by atoms with van der Waals surface area (Å²) in [6.07, 6.45) is 0. The molecule has 1 aromatic heterocycles. The van der Waals surface area contributed by atoms with Gasteiger partial charge in [0.15, 0.2) is 46.5 Å². The number of hydrogen-bond donors (Lipinski definition) is 0. The molecule has 3 aromatic rings. The number of aromatic nitrogens is 1. The minimum Gasteiger partial charge on any atom is -0.247 e. The molecule has 0 atom stereocenters. The van der Waals surface area contributed by atoms with Crippen LogP contribution in [0.3, 0.4) is 0 Å². The zero-order chi connectivity index (χ0) is 22.5. The topological polar surface area (TPSA) is 36.7 Å². The Kier molecular flexibility index (Phi) is 5.15. The molecule has 0 aliphatic heterocycles. The molecule has 0 N–H and O–H groups in total. The molecule has 0 saturated carbocycles. The van der Waals surface area contributed by atoms with Gasteiger partial charge in [0.25, 0.3) is 0 Å². The molecule has 0 amide bonds. The Morgan fingerprint density at radius 1 is 0.500 bits per heavy atom. The summed E-state index contributed by atoms with van der Waals surface area (Å²) in [5.74, 6) is -24.1. The standard InChI is InChI=1S/C18H2F10N2/c19-9-7(10(20)14(24)17(27)13(9)23)5-1-4(3-29)2-6(30-5)8-11(21)15(25)18(28)16(26)12(8)22/h1-2H. The molecule has 154 valence electrons. The van der Waals surface area contributed by atoms with E-state index in [2.05, 4.69) is 4.98 Å². The third-order valence-electron chi connectivity index (χ3n) is 3.89. The quantitative estimate of drug-likeness (QED) is 0.295. The van der Waals surface area contributed by atoms with Crippen LogP contribution in [0.2, 0.25) is 0 Å². The molecule has 0 spiro atoms. The van der Waals surface area contributed by atoms with Crippen LogP contribution in [0.15, 0.2) is 12.1 Å². The summed E-state index contributed by atoms with van der Waals surface area (Å²) in [4.78, 5) is 3.27. The zero-order valence-electron chi connectivity index (χ0n) is 13.8. The highest BCUT2D eigenvalue weighted by Crippen LogP contribution is 2.35. The maximum atomic E-state index is 14.0. The van der Waals surface area contributed by atoms with E-state index >= 15 is 0 Å². The summed E-state index contributed by atoms with van der Waals surface area (Å²) in [5.41, 5.74) is -6.40. The second-order valence-electron chi connectivity index (χ2n) is 5.63. The van der Waals surface area contributed by atoms with Crippen LogP contribution in [-0.2, 0) is 0 Å². The van der Waals surface area contributed by atoms with Crippen molar-refractivity contribution >= 4 is 0 Å². The fraction of sp³-hybridized carbons (Fsp3) is 0. The summed E-state index contributed by atoms with van der Waals surface area (Å²) in [5, 5.41) is 9.00. The maximum absolute atomic E-state index is 14.0. The van der Waals surface area contributed by atoms with Crippen molar-refractivity contribution < 1.29 is 43.9 Å². The molecule has 0 radical (unpaired) electrons. The van der Waals surface area contributed by atoms with E-state index in [1.165, 1.54) is 6.07 Å². The number of nitriles is 1. The van der Waals surface area contributed by atoms with Gasteiger partial charge in [0, 0.05) is 0 Å². The Morgan fingerprint density at radius 3 is 1.03 bits per heavy atom. The molecule has 0 aliphatic rings. The van der Waals surface area contributed by atoms with Crippen LogP contribution < -0.4 is 0 Å². The lowest BCUT2D eigenvalue weighted by Crippen LogP contribution is -2.07. The van der Waals surface area contributed by atoms with E-state index in [9.17, 15) is 43.9 Å². The second-order valence-corrected chi connectivity index (χ2v) is 5.63.